The van der Waals surface area contributed by atoms with Crippen molar-refractivity contribution in [1.82, 2.24) is 10.2 Å². The van der Waals surface area contributed by atoms with Gasteiger partial charge in [-0.3, -0.25) is 13.9 Å². The number of carbonyl (C=O) groups excluding carboxylic acids is 2. The Bertz CT molecular complexity index is 1370. The monoisotopic (exact) mass is 595 g/mol. The molecule has 0 fully saturated rings. The van der Waals surface area contributed by atoms with Gasteiger partial charge in [0.05, 0.1) is 27.0 Å². The summed E-state index contributed by atoms with van der Waals surface area (Å²) in [5, 5.41) is 3.04. The third-order valence-corrected chi connectivity index (χ3v) is 7.91. The second-order valence-corrected chi connectivity index (χ2v) is 11.7. The third kappa shape index (κ3) is 7.86. The van der Waals surface area contributed by atoms with Gasteiger partial charge in [-0.1, -0.05) is 95.5 Å². The molecule has 0 heterocycles. The quantitative estimate of drug-likeness (QED) is 0.309. The van der Waals surface area contributed by atoms with E-state index in [0.29, 0.717) is 6.54 Å². The van der Waals surface area contributed by atoms with E-state index in [9.17, 15) is 18.0 Å². The van der Waals surface area contributed by atoms with Crippen molar-refractivity contribution in [2.45, 2.75) is 25.9 Å². The van der Waals surface area contributed by atoms with Gasteiger partial charge < -0.3 is 10.2 Å². The van der Waals surface area contributed by atoms with Crippen molar-refractivity contribution < 1.29 is 18.0 Å². The molecule has 1 unspecified atom stereocenters. The molecule has 0 aliphatic heterocycles. The summed E-state index contributed by atoms with van der Waals surface area (Å²) in [6.07, 6.45) is 1.20. The molecule has 11 heteroatoms. The zero-order chi connectivity index (χ0) is 27.9. The average molecular weight is 597 g/mol. The fourth-order valence-electron chi connectivity index (χ4n) is 3.92. The highest BCUT2D eigenvalue weighted by Crippen LogP contribution is 2.35. The molecule has 0 bridgehead atoms. The zero-order valence-corrected chi connectivity index (χ0v) is 24.0. The molecule has 0 saturated carbocycles. The lowest BCUT2D eigenvalue weighted by Gasteiger charge is -2.33. The van der Waals surface area contributed by atoms with Crippen LogP contribution in [0.5, 0.6) is 0 Å². The predicted octanol–water partition coefficient (Wildman–Crippen LogP) is 5.19. The van der Waals surface area contributed by atoms with Crippen LogP contribution < -0.4 is 9.62 Å². The van der Waals surface area contributed by atoms with Crippen LogP contribution >= 0.6 is 34.8 Å². The van der Waals surface area contributed by atoms with E-state index in [1.165, 1.54) is 17.0 Å². The van der Waals surface area contributed by atoms with E-state index >= 15 is 0 Å². The van der Waals surface area contributed by atoms with Gasteiger partial charge >= 0.3 is 0 Å². The molecule has 38 heavy (non-hydrogen) atoms. The lowest BCUT2D eigenvalue weighted by atomic mass is 10.0. The fourth-order valence-corrected chi connectivity index (χ4v) is 5.47. The van der Waals surface area contributed by atoms with Crippen molar-refractivity contribution in [3.63, 3.8) is 0 Å². The number of anilines is 1. The molecule has 0 radical (unpaired) electrons. The SMILES string of the molecule is CCNC(=O)C(Cc1ccccc1)N(Cc1ccccc1)C(=O)CN(c1cc(Cl)c(Cl)cc1Cl)S(C)(=O)=O. The zero-order valence-electron chi connectivity index (χ0n) is 20.9. The Morgan fingerprint density at radius 1 is 0.868 bits per heavy atom. The summed E-state index contributed by atoms with van der Waals surface area (Å²) in [5.74, 6) is -0.937. The molecule has 0 spiro atoms. The summed E-state index contributed by atoms with van der Waals surface area (Å²) in [6, 6.07) is 20.2. The molecule has 0 aromatic heterocycles. The van der Waals surface area contributed by atoms with Crippen LogP contribution in [0.1, 0.15) is 18.1 Å². The second kappa shape index (κ2) is 13.3. The highest BCUT2D eigenvalue weighted by Gasteiger charge is 2.33. The number of nitrogens with zero attached hydrogens (tertiary/aromatic N) is 2. The maximum Gasteiger partial charge on any atom is 0.244 e. The van der Waals surface area contributed by atoms with Gasteiger partial charge in [-0.2, -0.15) is 0 Å². The minimum Gasteiger partial charge on any atom is -0.355 e. The first-order valence-electron chi connectivity index (χ1n) is 11.8. The van der Waals surface area contributed by atoms with Crippen LogP contribution in [0, 0.1) is 0 Å². The van der Waals surface area contributed by atoms with Crippen LogP contribution in [-0.2, 0) is 32.6 Å². The number of halogens is 3. The number of amides is 2. The number of hydrogen-bond acceptors (Lipinski definition) is 4. The average Bonchev–Trinajstić information content (AvgIpc) is 2.87. The largest absolute Gasteiger partial charge is 0.355 e. The van der Waals surface area contributed by atoms with Crippen LogP contribution in [0.25, 0.3) is 0 Å². The Balaban J connectivity index is 2.06. The predicted molar refractivity (Wildman–Crippen MR) is 153 cm³/mol. The lowest BCUT2D eigenvalue weighted by molar-refractivity contribution is -0.140. The van der Waals surface area contributed by atoms with Crippen molar-refractivity contribution in [2.24, 2.45) is 0 Å². The van der Waals surface area contributed by atoms with E-state index in [4.69, 9.17) is 34.8 Å². The van der Waals surface area contributed by atoms with E-state index in [-0.39, 0.29) is 39.6 Å². The molecule has 1 atom stereocenters. The summed E-state index contributed by atoms with van der Waals surface area (Å²) in [6.45, 7) is 1.64. The smallest absolute Gasteiger partial charge is 0.244 e. The van der Waals surface area contributed by atoms with Crippen molar-refractivity contribution in [2.75, 3.05) is 23.7 Å². The fraction of sp³-hybridized carbons (Fsp3) is 0.259. The van der Waals surface area contributed by atoms with Crippen LogP contribution in [0.15, 0.2) is 72.8 Å². The van der Waals surface area contributed by atoms with Gasteiger partial charge in [0.25, 0.3) is 0 Å². The number of nitrogens with one attached hydrogen (secondary N) is 1. The first-order chi connectivity index (χ1) is 18.0. The Labute approximate surface area is 238 Å². The number of benzene rings is 3. The van der Waals surface area contributed by atoms with Crippen molar-refractivity contribution >= 4 is 62.3 Å². The van der Waals surface area contributed by atoms with E-state index in [1.54, 1.807) is 6.92 Å². The standard InChI is InChI=1S/C27H28Cl3N3O4S/c1-3-31-27(35)25(14-19-10-6-4-7-11-19)32(17-20-12-8-5-9-13-20)26(34)18-33(38(2,36)37)24-16-22(29)21(28)15-23(24)30/h4-13,15-16,25H,3,14,17-18H2,1-2H3,(H,31,35). The van der Waals surface area contributed by atoms with Crippen LogP contribution in [0.3, 0.4) is 0 Å². The maximum atomic E-state index is 13.9. The Morgan fingerprint density at radius 2 is 1.42 bits per heavy atom. The Hall–Kier alpha value is -2.78. The Kier molecular flexibility index (Phi) is 10.4. The van der Waals surface area contributed by atoms with Crippen molar-refractivity contribution in [3.05, 3.63) is 99.0 Å². The molecule has 3 aromatic rings. The van der Waals surface area contributed by atoms with Gasteiger partial charge in [-0.15, -0.1) is 0 Å². The van der Waals surface area contributed by atoms with E-state index < -0.39 is 28.5 Å². The lowest BCUT2D eigenvalue weighted by Crippen LogP contribution is -2.53. The molecule has 1 N–H and O–H groups in total. The molecule has 202 valence electrons. The highest BCUT2D eigenvalue weighted by molar-refractivity contribution is 7.92. The number of carbonyl (C=O) groups is 2. The molecule has 0 saturated heterocycles. The van der Waals surface area contributed by atoms with Gasteiger partial charge in [-0.25, -0.2) is 8.42 Å². The second-order valence-electron chi connectivity index (χ2n) is 8.59. The summed E-state index contributed by atoms with van der Waals surface area (Å²) >= 11 is 18.5. The molecule has 0 aliphatic carbocycles. The van der Waals surface area contributed by atoms with E-state index in [1.807, 2.05) is 60.7 Å². The van der Waals surface area contributed by atoms with Crippen LogP contribution in [-0.4, -0.2) is 50.5 Å². The third-order valence-electron chi connectivity index (χ3n) is 5.76. The first kappa shape index (κ1) is 29.8. The molecule has 0 aliphatic rings. The maximum absolute atomic E-state index is 13.9. The summed E-state index contributed by atoms with van der Waals surface area (Å²) in [5.41, 5.74) is 1.64. The van der Waals surface area contributed by atoms with Crippen LogP contribution in [0.4, 0.5) is 5.69 Å². The van der Waals surface area contributed by atoms with Crippen LogP contribution in [0.2, 0.25) is 15.1 Å². The number of likely N-dealkylation sites (N-methyl/N-ethyl adjacent to an activating group) is 1. The summed E-state index contributed by atoms with van der Waals surface area (Å²) in [4.78, 5) is 28.6. The number of sulfonamides is 1. The molecule has 3 rings (SSSR count). The minimum atomic E-state index is -3.99. The minimum absolute atomic E-state index is 0.00852. The Morgan fingerprint density at radius 3 is 1.97 bits per heavy atom. The first-order valence-corrected chi connectivity index (χ1v) is 14.8. The topological polar surface area (TPSA) is 86.8 Å². The van der Waals surface area contributed by atoms with E-state index in [0.717, 1.165) is 21.7 Å². The van der Waals surface area contributed by atoms with Gasteiger partial charge in [0, 0.05) is 19.5 Å². The number of hydrogen-bond donors (Lipinski definition) is 1. The van der Waals surface area contributed by atoms with E-state index in [2.05, 4.69) is 5.32 Å². The number of rotatable bonds is 11. The molecule has 7 nitrogen and oxygen atoms in total. The normalized spacial score (nSPS) is 12.0. The molecular weight excluding hydrogens is 569 g/mol. The van der Waals surface area contributed by atoms with Gasteiger partial charge in [0.15, 0.2) is 0 Å². The van der Waals surface area contributed by atoms with Gasteiger partial charge in [0.2, 0.25) is 21.8 Å². The van der Waals surface area contributed by atoms with Crippen molar-refractivity contribution in [3.8, 4) is 0 Å². The van der Waals surface area contributed by atoms with Crippen molar-refractivity contribution in [1.29, 1.82) is 0 Å². The molecular formula is C27H28Cl3N3O4S. The van der Waals surface area contributed by atoms with Gasteiger partial charge in [0.1, 0.15) is 12.6 Å². The van der Waals surface area contributed by atoms with Gasteiger partial charge in [-0.05, 0) is 30.2 Å². The molecule has 2 amide bonds. The molecule has 3 aromatic carbocycles. The summed E-state index contributed by atoms with van der Waals surface area (Å²) < 4.78 is 26.5. The highest BCUT2D eigenvalue weighted by atomic mass is 35.5. The summed E-state index contributed by atoms with van der Waals surface area (Å²) in [7, 11) is -3.99.